The summed E-state index contributed by atoms with van der Waals surface area (Å²) in [6.45, 7) is 1.77. The van der Waals surface area contributed by atoms with Crippen LogP contribution in [0.25, 0.3) is 0 Å². The topological polar surface area (TPSA) is 181 Å². The molecule has 0 aliphatic carbocycles. The molecule has 2 aromatic rings. The van der Waals surface area contributed by atoms with Crippen molar-refractivity contribution in [3.63, 3.8) is 0 Å². The van der Waals surface area contributed by atoms with E-state index in [4.69, 9.17) is 22.9 Å². The Morgan fingerprint density at radius 2 is 1.53 bits per heavy atom. The highest BCUT2D eigenvalue weighted by atomic mass is 16.3. The van der Waals surface area contributed by atoms with E-state index in [9.17, 15) is 5.11 Å². The van der Waals surface area contributed by atoms with E-state index in [0.29, 0.717) is 49.6 Å². The molecule has 10 N–H and O–H groups in total. The molecular weight excluding hydrogens is 384 g/mol. The van der Waals surface area contributed by atoms with Crippen LogP contribution in [0.5, 0.6) is 0 Å². The quantitative estimate of drug-likeness (QED) is 0.329. The molecule has 0 unspecified atom stereocenters. The molecule has 1 aromatic heterocycles. The number of nitrogen functional groups attached to an aromatic ring is 1. The van der Waals surface area contributed by atoms with Gasteiger partial charge in [0.2, 0.25) is 17.8 Å². The van der Waals surface area contributed by atoms with Gasteiger partial charge < -0.3 is 43.2 Å². The Hall–Kier alpha value is -2.73. The van der Waals surface area contributed by atoms with E-state index >= 15 is 0 Å². The number of benzene rings is 1. The van der Waals surface area contributed by atoms with Gasteiger partial charge in [-0.1, -0.05) is 0 Å². The van der Waals surface area contributed by atoms with Crippen molar-refractivity contribution >= 4 is 29.2 Å². The molecule has 162 valence electrons. The third-order valence-corrected chi connectivity index (χ3v) is 5.49. The van der Waals surface area contributed by atoms with Gasteiger partial charge in [-0.05, 0) is 37.1 Å². The third-order valence-electron chi connectivity index (χ3n) is 5.49. The van der Waals surface area contributed by atoms with E-state index in [1.54, 1.807) is 12.1 Å². The van der Waals surface area contributed by atoms with Gasteiger partial charge in [0.1, 0.15) is 0 Å². The summed E-state index contributed by atoms with van der Waals surface area (Å²) >= 11 is 0. The number of nitrogens with two attached hydrogens (primary N) is 4. The van der Waals surface area contributed by atoms with Gasteiger partial charge in [-0.3, -0.25) is 0 Å². The number of nitrogens with zero attached hydrogens (tertiary/aromatic N) is 5. The van der Waals surface area contributed by atoms with Gasteiger partial charge in [-0.15, -0.1) is 0 Å². The normalized spacial score (nSPS) is 26.8. The van der Waals surface area contributed by atoms with E-state index in [-0.39, 0.29) is 30.8 Å². The molecule has 0 amide bonds. The van der Waals surface area contributed by atoms with Crippen LogP contribution < -0.4 is 38.1 Å². The summed E-state index contributed by atoms with van der Waals surface area (Å²) in [5.74, 6) is 1.36. The fourth-order valence-electron chi connectivity index (χ4n) is 4.09. The first-order valence-electron chi connectivity index (χ1n) is 10.2. The van der Waals surface area contributed by atoms with Crippen LogP contribution >= 0.6 is 0 Å². The highest BCUT2D eigenvalue weighted by Crippen LogP contribution is 2.26. The molecule has 0 bridgehead atoms. The average Bonchev–Trinajstić information content (AvgIpc) is 3.10. The summed E-state index contributed by atoms with van der Waals surface area (Å²) in [4.78, 5) is 17.8. The molecule has 0 radical (unpaired) electrons. The molecule has 2 aliphatic rings. The van der Waals surface area contributed by atoms with Crippen LogP contribution in [0.2, 0.25) is 0 Å². The molecule has 30 heavy (non-hydrogen) atoms. The molecule has 4 rings (SSSR count). The number of hydrogen-bond acceptors (Lipinski definition) is 11. The number of hydrogen-bond donors (Lipinski definition) is 6. The van der Waals surface area contributed by atoms with Crippen molar-refractivity contribution in [2.24, 2.45) is 17.2 Å². The summed E-state index contributed by atoms with van der Waals surface area (Å²) < 4.78 is 0. The fourth-order valence-corrected chi connectivity index (χ4v) is 4.09. The van der Waals surface area contributed by atoms with Crippen LogP contribution in [0.1, 0.15) is 12.8 Å². The van der Waals surface area contributed by atoms with Gasteiger partial charge in [0, 0.05) is 49.1 Å². The van der Waals surface area contributed by atoms with E-state index in [2.05, 4.69) is 20.3 Å². The van der Waals surface area contributed by atoms with Crippen molar-refractivity contribution in [3.05, 3.63) is 24.3 Å². The van der Waals surface area contributed by atoms with E-state index in [0.717, 1.165) is 12.1 Å². The molecule has 3 heterocycles. The number of rotatable bonds is 5. The summed E-state index contributed by atoms with van der Waals surface area (Å²) in [5, 5.41) is 13.0. The van der Waals surface area contributed by atoms with E-state index < -0.39 is 0 Å². The Bertz CT molecular complexity index is 853. The van der Waals surface area contributed by atoms with Crippen molar-refractivity contribution < 1.29 is 5.11 Å². The van der Waals surface area contributed by atoms with Crippen LogP contribution in [0, 0.1) is 0 Å². The first kappa shape index (κ1) is 20.5. The molecule has 1 aromatic carbocycles. The number of anilines is 5. The van der Waals surface area contributed by atoms with E-state index in [1.807, 2.05) is 21.9 Å². The van der Waals surface area contributed by atoms with Crippen LogP contribution in [-0.4, -0.2) is 70.5 Å². The number of piperidine rings is 1. The lowest BCUT2D eigenvalue weighted by Gasteiger charge is -2.35. The minimum atomic E-state index is -0.134. The monoisotopic (exact) mass is 414 g/mol. The molecule has 2 saturated heterocycles. The van der Waals surface area contributed by atoms with Crippen molar-refractivity contribution in [3.8, 4) is 0 Å². The SMILES string of the molecule is Nc1ccc(Nc2nc(N3C[C@H](N)C[C@H](N)C3)nc(N3C[C@@H](N)C[C@H]3CO)n2)cc1. The molecule has 11 heteroatoms. The van der Waals surface area contributed by atoms with Crippen LogP contribution in [0.15, 0.2) is 24.3 Å². The molecule has 2 aliphatic heterocycles. The standard InChI is InChI=1S/C19H30N10O/c20-11-1-3-15(4-2-11)24-17-25-18(28-7-12(21)5-13(22)8-28)27-19(26-17)29-9-14(23)6-16(29)10-30/h1-4,12-14,16,30H,5-10,20-23H2,(H,24,25,26,27)/t12-,13+,14-,16-/m0/s1. The van der Waals surface area contributed by atoms with Crippen LogP contribution in [0.4, 0.5) is 29.2 Å². The van der Waals surface area contributed by atoms with Crippen LogP contribution in [-0.2, 0) is 0 Å². The molecule has 11 nitrogen and oxygen atoms in total. The molecule has 4 atom stereocenters. The lowest BCUT2D eigenvalue weighted by molar-refractivity contribution is 0.264. The molecular formula is C19H30N10O. The van der Waals surface area contributed by atoms with Crippen LogP contribution in [0.3, 0.4) is 0 Å². The van der Waals surface area contributed by atoms with Gasteiger partial charge in [-0.2, -0.15) is 15.0 Å². The number of aliphatic hydroxyl groups excluding tert-OH is 1. The first-order chi connectivity index (χ1) is 14.4. The lowest BCUT2D eigenvalue weighted by Crippen LogP contribution is -2.53. The predicted molar refractivity (Wildman–Crippen MR) is 118 cm³/mol. The fraction of sp³-hybridized carbons (Fsp3) is 0.526. The second-order valence-corrected chi connectivity index (χ2v) is 8.15. The molecule has 0 spiro atoms. The summed E-state index contributed by atoms with van der Waals surface area (Å²) in [6, 6.07) is 7.03. The van der Waals surface area contributed by atoms with Gasteiger partial charge in [-0.25, -0.2) is 0 Å². The van der Waals surface area contributed by atoms with Crippen molar-refractivity contribution in [1.29, 1.82) is 0 Å². The summed E-state index contributed by atoms with van der Waals surface area (Å²) in [5.41, 5.74) is 25.7. The second-order valence-electron chi connectivity index (χ2n) is 8.15. The Kier molecular flexibility index (Phi) is 5.86. The van der Waals surface area contributed by atoms with Gasteiger partial charge in [0.05, 0.1) is 12.6 Å². The third kappa shape index (κ3) is 4.54. The number of nitrogens with one attached hydrogen (secondary N) is 1. The number of aromatic nitrogens is 3. The van der Waals surface area contributed by atoms with Gasteiger partial charge in [0.25, 0.3) is 0 Å². The zero-order valence-electron chi connectivity index (χ0n) is 16.9. The number of aliphatic hydroxyl groups is 1. The van der Waals surface area contributed by atoms with Crippen molar-refractivity contribution in [2.45, 2.75) is 37.0 Å². The highest BCUT2D eigenvalue weighted by Gasteiger charge is 2.33. The average molecular weight is 415 g/mol. The zero-order chi connectivity index (χ0) is 21.3. The summed E-state index contributed by atoms with van der Waals surface area (Å²) in [6.07, 6.45) is 1.44. The smallest absolute Gasteiger partial charge is 0.233 e. The Balaban J connectivity index is 1.69. The van der Waals surface area contributed by atoms with Crippen molar-refractivity contribution in [1.82, 2.24) is 15.0 Å². The second kappa shape index (κ2) is 8.56. The Morgan fingerprint density at radius 1 is 0.900 bits per heavy atom. The molecule has 2 fully saturated rings. The predicted octanol–water partition coefficient (Wildman–Crippen LogP) is -1.04. The zero-order valence-corrected chi connectivity index (χ0v) is 16.9. The van der Waals surface area contributed by atoms with E-state index in [1.165, 1.54) is 0 Å². The summed E-state index contributed by atoms with van der Waals surface area (Å²) in [7, 11) is 0. The maximum Gasteiger partial charge on any atom is 0.233 e. The highest BCUT2D eigenvalue weighted by molar-refractivity contribution is 5.59. The van der Waals surface area contributed by atoms with Crippen molar-refractivity contribution in [2.75, 3.05) is 47.1 Å². The lowest BCUT2D eigenvalue weighted by atomic mass is 10.0. The first-order valence-corrected chi connectivity index (χ1v) is 10.2. The minimum Gasteiger partial charge on any atom is -0.399 e. The van der Waals surface area contributed by atoms with Gasteiger partial charge in [0.15, 0.2) is 0 Å². The molecule has 0 saturated carbocycles. The maximum atomic E-state index is 9.79. The largest absolute Gasteiger partial charge is 0.399 e. The Morgan fingerprint density at radius 3 is 2.20 bits per heavy atom. The Labute approximate surface area is 175 Å². The van der Waals surface area contributed by atoms with Gasteiger partial charge >= 0.3 is 0 Å². The minimum absolute atomic E-state index is 0.0189. The maximum absolute atomic E-state index is 9.79.